The Morgan fingerprint density at radius 1 is 1.48 bits per heavy atom. The molecule has 1 atom stereocenters. The first-order chi connectivity index (χ1) is 9.86. The summed E-state index contributed by atoms with van der Waals surface area (Å²) in [6.45, 7) is 1.47. The van der Waals surface area contributed by atoms with Crippen LogP contribution in [0.4, 0.5) is 23.7 Å². The highest BCUT2D eigenvalue weighted by Gasteiger charge is 2.30. The molecule has 0 aliphatic carbocycles. The Bertz CT molecular complexity index is 498. The van der Waals surface area contributed by atoms with Gasteiger partial charge in [-0.15, -0.1) is 0 Å². The second kappa shape index (κ2) is 6.34. The second-order valence-corrected chi connectivity index (χ2v) is 5.18. The molecule has 1 heterocycles. The summed E-state index contributed by atoms with van der Waals surface area (Å²) in [6, 6.07) is 4.46. The number of anilines is 1. The molecule has 2 rings (SSSR count). The van der Waals surface area contributed by atoms with E-state index in [1.54, 1.807) is 7.05 Å². The summed E-state index contributed by atoms with van der Waals surface area (Å²) in [6.07, 6.45) is -2.34. The number of nitrogens with one attached hydrogen (secondary N) is 2. The molecule has 1 saturated heterocycles. The van der Waals surface area contributed by atoms with Gasteiger partial charge in [0.05, 0.1) is 5.56 Å². The highest BCUT2D eigenvalue weighted by atomic mass is 19.4. The zero-order valence-electron chi connectivity index (χ0n) is 11.7. The highest BCUT2D eigenvalue weighted by Crippen LogP contribution is 2.30. The monoisotopic (exact) mass is 301 g/mol. The summed E-state index contributed by atoms with van der Waals surface area (Å²) in [5, 5.41) is 5.75. The van der Waals surface area contributed by atoms with Gasteiger partial charge < -0.3 is 15.5 Å². The lowest BCUT2D eigenvalue weighted by molar-refractivity contribution is -0.137. The summed E-state index contributed by atoms with van der Waals surface area (Å²) in [5.74, 6) is 0. The number of alkyl halides is 3. The summed E-state index contributed by atoms with van der Waals surface area (Å²) in [4.78, 5) is 13.4. The molecular formula is C14H18F3N3O. The number of urea groups is 1. The maximum absolute atomic E-state index is 12.6. The van der Waals surface area contributed by atoms with E-state index in [0.29, 0.717) is 6.54 Å². The molecular weight excluding hydrogens is 283 g/mol. The van der Waals surface area contributed by atoms with Gasteiger partial charge in [-0.2, -0.15) is 13.2 Å². The molecule has 21 heavy (non-hydrogen) atoms. The van der Waals surface area contributed by atoms with Crippen LogP contribution in [0.5, 0.6) is 0 Å². The van der Waals surface area contributed by atoms with Crippen molar-refractivity contribution in [1.82, 2.24) is 10.2 Å². The van der Waals surface area contributed by atoms with Crippen LogP contribution in [0.25, 0.3) is 0 Å². The van der Waals surface area contributed by atoms with E-state index in [2.05, 4.69) is 10.6 Å². The van der Waals surface area contributed by atoms with Gasteiger partial charge >= 0.3 is 12.2 Å². The standard InChI is InChI=1S/C14H18F3N3O/c1-20(9-12-6-3-7-18-12)13(21)19-11-5-2-4-10(8-11)14(15,16)17/h2,4-5,8,12,18H,3,6-7,9H2,1H3,(H,19,21). The fourth-order valence-corrected chi connectivity index (χ4v) is 2.32. The van der Waals surface area contributed by atoms with Crippen LogP contribution in [0.1, 0.15) is 18.4 Å². The normalized spacial score (nSPS) is 18.6. The van der Waals surface area contributed by atoms with E-state index >= 15 is 0 Å². The van der Waals surface area contributed by atoms with Gasteiger partial charge in [0.2, 0.25) is 0 Å². The molecule has 4 nitrogen and oxygen atoms in total. The number of carbonyl (C=O) groups excluding carboxylic acids is 1. The zero-order valence-corrected chi connectivity index (χ0v) is 11.7. The van der Waals surface area contributed by atoms with Gasteiger partial charge in [0, 0.05) is 25.3 Å². The van der Waals surface area contributed by atoms with Gasteiger partial charge in [-0.1, -0.05) is 6.07 Å². The molecule has 1 unspecified atom stereocenters. The maximum Gasteiger partial charge on any atom is 0.416 e. The molecule has 116 valence electrons. The number of rotatable bonds is 3. The van der Waals surface area contributed by atoms with Gasteiger partial charge in [0.1, 0.15) is 0 Å². The number of hydrogen-bond donors (Lipinski definition) is 2. The molecule has 1 aromatic carbocycles. The minimum atomic E-state index is -4.42. The van der Waals surface area contributed by atoms with Crippen molar-refractivity contribution in [2.45, 2.75) is 25.1 Å². The van der Waals surface area contributed by atoms with Crippen LogP contribution in [0.3, 0.4) is 0 Å². The molecule has 0 aromatic heterocycles. The first kappa shape index (κ1) is 15.6. The van der Waals surface area contributed by atoms with Crippen LogP contribution in [-0.2, 0) is 6.18 Å². The Labute approximate surface area is 121 Å². The van der Waals surface area contributed by atoms with Crippen molar-refractivity contribution < 1.29 is 18.0 Å². The van der Waals surface area contributed by atoms with E-state index in [0.717, 1.165) is 31.5 Å². The number of nitrogens with zero attached hydrogens (tertiary/aromatic N) is 1. The predicted molar refractivity (Wildman–Crippen MR) is 74.1 cm³/mol. The third kappa shape index (κ3) is 4.35. The van der Waals surface area contributed by atoms with E-state index in [9.17, 15) is 18.0 Å². The van der Waals surface area contributed by atoms with Crippen molar-refractivity contribution in [3.05, 3.63) is 29.8 Å². The smallest absolute Gasteiger partial charge is 0.326 e. The molecule has 1 aliphatic heterocycles. The van der Waals surface area contributed by atoms with Gasteiger partial charge in [-0.3, -0.25) is 0 Å². The van der Waals surface area contributed by atoms with Crippen LogP contribution in [0.2, 0.25) is 0 Å². The molecule has 0 radical (unpaired) electrons. The van der Waals surface area contributed by atoms with Crippen LogP contribution in [0, 0.1) is 0 Å². The van der Waals surface area contributed by atoms with E-state index < -0.39 is 17.8 Å². The fourth-order valence-electron chi connectivity index (χ4n) is 2.32. The summed E-state index contributed by atoms with van der Waals surface area (Å²) < 4.78 is 37.8. The SMILES string of the molecule is CN(CC1CCCN1)C(=O)Nc1cccc(C(F)(F)F)c1. The number of hydrogen-bond acceptors (Lipinski definition) is 2. The number of amides is 2. The third-order valence-corrected chi connectivity index (χ3v) is 3.44. The molecule has 1 fully saturated rings. The summed E-state index contributed by atoms with van der Waals surface area (Å²) in [7, 11) is 1.63. The van der Waals surface area contributed by atoms with E-state index in [-0.39, 0.29) is 11.7 Å². The van der Waals surface area contributed by atoms with Crippen LogP contribution in [0.15, 0.2) is 24.3 Å². The quantitative estimate of drug-likeness (QED) is 0.901. The number of carbonyl (C=O) groups is 1. The molecule has 0 bridgehead atoms. The molecule has 7 heteroatoms. The van der Waals surface area contributed by atoms with Crippen molar-refractivity contribution in [1.29, 1.82) is 0 Å². The van der Waals surface area contributed by atoms with Crippen molar-refractivity contribution >= 4 is 11.7 Å². The predicted octanol–water partition coefficient (Wildman–Crippen LogP) is 2.92. The Morgan fingerprint density at radius 2 is 2.24 bits per heavy atom. The largest absolute Gasteiger partial charge is 0.416 e. The maximum atomic E-state index is 12.6. The summed E-state index contributed by atoms with van der Waals surface area (Å²) >= 11 is 0. The highest BCUT2D eigenvalue weighted by molar-refractivity contribution is 5.89. The van der Waals surface area contributed by atoms with Gasteiger partial charge in [0.25, 0.3) is 0 Å². The lowest BCUT2D eigenvalue weighted by Crippen LogP contribution is -2.40. The number of benzene rings is 1. The minimum absolute atomic E-state index is 0.140. The van der Waals surface area contributed by atoms with Crippen LogP contribution in [-0.4, -0.2) is 37.1 Å². The first-order valence-electron chi connectivity index (χ1n) is 6.79. The van der Waals surface area contributed by atoms with Gasteiger partial charge in [-0.05, 0) is 37.6 Å². The Kier molecular flexibility index (Phi) is 4.72. The molecule has 1 aliphatic rings. The first-order valence-corrected chi connectivity index (χ1v) is 6.79. The molecule has 1 aromatic rings. The van der Waals surface area contributed by atoms with E-state index in [4.69, 9.17) is 0 Å². The lowest BCUT2D eigenvalue weighted by atomic mass is 10.2. The van der Waals surface area contributed by atoms with Crippen LogP contribution < -0.4 is 10.6 Å². The Hall–Kier alpha value is -1.76. The van der Waals surface area contributed by atoms with Crippen molar-refractivity contribution in [3.8, 4) is 0 Å². The lowest BCUT2D eigenvalue weighted by Gasteiger charge is -2.22. The number of likely N-dealkylation sites (N-methyl/N-ethyl adjacent to an activating group) is 1. The molecule has 0 spiro atoms. The fraction of sp³-hybridized carbons (Fsp3) is 0.500. The molecule has 2 N–H and O–H groups in total. The van der Waals surface area contributed by atoms with Crippen LogP contribution >= 0.6 is 0 Å². The summed E-state index contributed by atoms with van der Waals surface area (Å²) in [5.41, 5.74) is -0.638. The zero-order chi connectivity index (χ0) is 15.5. The molecule has 0 saturated carbocycles. The average molecular weight is 301 g/mol. The molecule has 2 amide bonds. The van der Waals surface area contributed by atoms with E-state index in [1.165, 1.54) is 17.0 Å². The van der Waals surface area contributed by atoms with E-state index in [1.807, 2.05) is 0 Å². The Morgan fingerprint density at radius 3 is 2.86 bits per heavy atom. The number of halogens is 3. The topological polar surface area (TPSA) is 44.4 Å². The van der Waals surface area contributed by atoms with Crippen molar-refractivity contribution in [2.75, 3.05) is 25.5 Å². The van der Waals surface area contributed by atoms with Crippen molar-refractivity contribution in [2.24, 2.45) is 0 Å². The second-order valence-electron chi connectivity index (χ2n) is 5.18. The van der Waals surface area contributed by atoms with Gasteiger partial charge in [-0.25, -0.2) is 4.79 Å². The van der Waals surface area contributed by atoms with Gasteiger partial charge in [0.15, 0.2) is 0 Å². The third-order valence-electron chi connectivity index (χ3n) is 3.44. The minimum Gasteiger partial charge on any atom is -0.326 e. The average Bonchev–Trinajstić information content (AvgIpc) is 2.91. The van der Waals surface area contributed by atoms with Crippen molar-refractivity contribution in [3.63, 3.8) is 0 Å². The Balaban J connectivity index is 1.95.